The van der Waals surface area contributed by atoms with Gasteiger partial charge in [-0.1, -0.05) is 6.92 Å². The van der Waals surface area contributed by atoms with Crippen LogP contribution in [0, 0.1) is 5.92 Å². The SMILES string of the molecule is CC1CCN(c2nc(NN)nc3sccc23)CC1. The largest absolute Gasteiger partial charge is 0.356 e. The van der Waals surface area contributed by atoms with Crippen LogP contribution in [-0.2, 0) is 0 Å². The summed E-state index contributed by atoms with van der Waals surface area (Å²) in [5, 5.41) is 3.18. The van der Waals surface area contributed by atoms with E-state index in [0.29, 0.717) is 5.95 Å². The second-order valence-corrected chi connectivity index (χ2v) is 5.72. The molecule has 18 heavy (non-hydrogen) atoms. The van der Waals surface area contributed by atoms with E-state index in [-0.39, 0.29) is 0 Å². The number of piperidine rings is 1. The molecule has 1 fully saturated rings. The van der Waals surface area contributed by atoms with Gasteiger partial charge in [-0.3, -0.25) is 5.43 Å². The predicted octanol–water partition coefficient (Wildman–Crippen LogP) is 2.21. The van der Waals surface area contributed by atoms with Crippen molar-refractivity contribution in [2.75, 3.05) is 23.4 Å². The lowest BCUT2D eigenvalue weighted by Crippen LogP contribution is -2.33. The third-order valence-electron chi connectivity index (χ3n) is 3.52. The van der Waals surface area contributed by atoms with Crippen molar-refractivity contribution in [3.8, 4) is 0 Å². The van der Waals surface area contributed by atoms with Gasteiger partial charge in [-0.2, -0.15) is 4.98 Å². The third kappa shape index (κ3) is 2.02. The number of anilines is 2. The first kappa shape index (κ1) is 11.7. The van der Waals surface area contributed by atoms with Crippen molar-refractivity contribution in [2.24, 2.45) is 11.8 Å². The molecule has 6 heteroatoms. The highest BCUT2D eigenvalue weighted by molar-refractivity contribution is 7.16. The second-order valence-electron chi connectivity index (χ2n) is 4.82. The molecule has 1 saturated heterocycles. The van der Waals surface area contributed by atoms with Crippen molar-refractivity contribution in [1.82, 2.24) is 9.97 Å². The number of hydrogen-bond acceptors (Lipinski definition) is 6. The molecule has 0 aromatic carbocycles. The maximum absolute atomic E-state index is 5.44. The van der Waals surface area contributed by atoms with Crippen LogP contribution in [0.3, 0.4) is 0 Å². The molecule has 0 spiro atoms. The molecule has 0 saturated carbocycles. The number of nitrogens with one attached hydrogen (secondary N) is 1. The minimum Gasteiger partial charge on any atom is -0.356 e. The van der Waals surface area contributed by atoms with Gasteiger partial charge in [0, 0.05) is 13.1 Å². The van der Waals surface area contributed by atoms with Gasteiger partial charge in [0.1, 0.15) is 10.6 Å². The Kier molecular flexibility index (Phi) is 3.05. The van der Waals surface area contributed by atoms with Gasteiger partial charge >= 0.3 is 0 Å². The smallest absolute Gasteiger partial charge is 0.240 e. The van der Waals surface area contributed by atoms with E-state index in [1.165, 1.54) is 12.8 Å². The highest BCUT2D eigenvalue weighted by Gasteiger charge is 2.20. The predicted molar refractivity (Wildman–Crippen MR) is 75.8 cm³/mol. The lowest BCUT2D eigenvalue weighted by molar-refractivity contribution is 0.437. The van der Waals surface area contributed by atoms with E-state index in [1.807, 2.05) is 0 Å². The molecule has 3 N–H and O–H groups in total. The average Bonchev–Trinajstić information content (AvgIpc) is 2.86. The van der Waals surface area contributed by atoms with Gasteiger partial charge in [0.05, 0.1) is 5.39 Å². The summed E-state index contributed by atoms with van der Waals surface area (Å²) >= 11 is 1.62. The molecular weight excluding hydrogens is 246 g/mol. The molecule has 1 aliphatic rings. The number of fused-ring (bicyclic) bond motifs is 1. The number of nitrogens with two attached hydrogens (primary N) is 1. The van der Waals surface area contributed by atoms with Gasteiger partial charge in [-0.25, -0.2) is 10.8 Å². The minimum absolute atomic E-state index is 0.499. The van der Waals surface area contributed by atoms with Crippen molar-refractivity contribution in [3.63, 3.8) is 0 Å². The maximum atomic E-state index is 5.44. The Morgan fingerprint density at radius 1 is 1.39 bits per heavy atom. The summed E-state index contributed by atoms with van der Waals surface area (Å²) in [6.45, 7) is 4.44. The van der Waals surface area contributed by atoms with E-state index in [2.05, 4.69) is 38.7 Å². The summed E-state index contributed by atoms with van der Waals surface area (Å²) in [5.74, 6) is 7.77. The second kappa shape index (κ2) is 4.70. The molecule has 1 aliphatic heterocycles. The fraction of sp³-hybridized carbons (Fsp3) is 0.500. The molecule has 2 aromatic rings. The van der Waals surface area contributed by atoms with Crippen LogP contribution < -0.4 is 16.2 Å². The lowest BCUT2D eigenvalue weighted by Gasteiger charge is -2.31. The fourth-order valence-corrected chi connectivity index (χ4v) is 3.12. The van der Waals surface area contributed by atoms with Crippen LogP contribution in [-0.4, -0.2) is 23.1 Å². The zero-order chi connectivity index (χ0) is 12.5. The van der Waals surface area contributed by atoms with E-state index in [0.717, 1.165) is 35.0 Å². The summed E-state index contributed by atoms with van der Waals surface area (Å²) in [5.41, 5.74) is 2.55. The number of hydrazine groups is 1. The van der Waals surface area contributed by atoms with E-state index < -0.39 is 0 Å². The van der Waals surface area contributed by atoms with Crippen LogP contribution in [0.15, 0.2) is 11.4 Å². The van der Waals surface area contributed by atoms with Crippen LogP contribution in [0.1, 0.15) is 19.8 Å². The molecular formula is C12H17N5S. The van der Waals surface area contributed by atoms with E-state index in [4.69, 9.17) is 5.84 Å². The van der Waals surface area contributed by atoms with Gasteiger partial charge in [-0.05, 0) is 30.2 Å². The Bertz CT molecular complexity index is 544. The average molecular weight is 263 g/mol. The van der Waals surface area contributed by atoms with E-state index in [9.17, 15) is 0 Å². The molecule has 0 bridgehead atoms. The number of hydrogen-bond donors (Lipinski definition) is 2. The number of aromatic nitrogens is 2. The first-order chi connectivity index (χ1) is 8.78. The zero-order valence-electron chi connectivity index (χ0n) is 10.4. The molecule has 0 aliphatic carbocycles. The Morgan fingerprint density at radius 3 is 2.89 bits per heavy atom. The number of nitrogens with zero attached hydrogens (tertiary/aromatic N) is 3. The lowest BCUT2D eigenvalue weighted by atomic mass is 9.99. The Morgan fingerprint density at radius 2 is 2.17 bits per heavy atom. The summed E-state index contributed by atoms with van der Waals surface area (Å²) < 4.78 is 0. The van der Waals surface area contributed by atoms with Gasteiger partial charge in [0.25, 0.3) is 0 Å². The maximum Gasteiger partial charge on any atom is 0.240 e. The van der Waals surface area contributed by atoms with Crippen LogP contribution in [0.2, 0.25) is 0 Å². The minimum atomic E-state index is 0.499. The summed E-state index contributed by atoms with van der Waals surface area (Å²) in [6.07, 6.45) is 2.45. The van der Waals surface area contributed by atoms with Crippen LogP contribution in [0.25, 0.3) is 10.2 Å². The van der Waals surface area contributed by atoms with Gasteiger partial charge < -0.3 is 4.90 Å². The van der Waals surface area contributed by atoms with Crippen LogP contribution >= 0.6 is 11.3 Å². The highest BCUT2D eigenvalue weighted by atomic mass is 32.1. The first-order valence-electron chi connectivity index (χ1n) is 6.24. The number of thiophene rings is 1. The molecule has 0 amide bonds. The molecule has 3 rings (SSSR count). The molecule has 0 radical (unpaired) electrons. The van der Waals surface area contributed by atoms with Crippen molar-refractivity contribution in [3.05, 3.63) is 11.4 Å². The monoisotopic (exact) mass is 263 g/mol. The molecule has 0 unspecified atom stereocenters. The number of nitrogen functional groups attached to an aromatic ring is 1. The topological polar surface area (TPSA) is 67.1 Å². The Balaban J connectivity index is 2.01. The first-order valence-corrected chi connectivity index (χ1v) is 7.12. The van der Waals surface area contributed by atoms with E-state index in [1.54, 1.807) is 11.3 Å². The standard InChI is InChI=1S/C12H17N5S/c1-8-2-5-17(6-3-8)10-9-4-7-18-11(9)15-12(14-10)16-13/h4,7-8H,2-3,5-6,13H2,1H3,(H,14,15,16). The third-order valence-corrected chi connectivity index (χ3v) is 4.32. The van der Waals surface area contributed by atoms with Crippen molar-refractivity contribution >= 4 is 33.3 Å². The van der Waals surface area contributed by atoms with Crippen LogP contribution in [0.5, 0.6) is 0 Å². The van der Waals surface area contributed by atoms with Gasteiger partial charge in [0.15, 0.2) is 0 Å². The Hall–Kier alpha value is -1.40. The molecule has 0 atom stereocenters. The van der Waals surface area contributed by atoms with Gasteiger partial charge in [0.2, 0.25) is 5.95 Å². The molecule has 2 aromatic heterocycles. The quantitative estimate of drug-likeness (QED) is 0.642. The van der Waals surface area contributed by atoms with Gasteiger partial charge in [-0.15, -0.1) is 11.3 Å². The van der Waals surface area contributed by atoms with E-state index >= 15 is 0 Å². The fourth-order valence-electron chi connectivity index (χ4n) is 2.37. The highest BCUT2D eigenvalue weighted by Crippen LogP contribution is 2.31. The molecule has 5 nitrogen and oxygen atoms in total. The van der Waals surface area contributed by atoms with Crippen molar-refractivity contribution < 1.29 is 0 Å². The normalized spacial score (nSPS) is 17.3. The molecule has 3 heterocycles. The number of rotatable bonds is 2. The van der Waals surface area contributed by atoms with Crippen LogP contribution in [0.4, 0.5) is 11.8 Å². The summed E-state index contributed by atoms with van der Waals surface area (Å²) in [4.78, 5) is 12.2. The summed E-state index contributed by atoms with van der Waals surface area (Å²) in [7, 11) is 0. The van der Waals surface area contributed by atoms with Crippen molar-refractivity contribution in [1.29, 1.82) is 0 Å². The zero-order valence-corrected chi connectivity index (χ0v) is 11.2. The Labute approximate surface area is 110 Å². The molecule has 96 valence electrons. The van der Waals surface area contributed by atoms with Crippen molar-refractivity contribution in [2.45, 2.75) is 19.8 Å². The summed E-state index contributed by atoms with van der Waals surface area (Å²) in [6, 6.07) is 2.09.